The molecule has 2 amide bonds. The van der Waals surface area contributed by atoms with Gasteiger partial charge in [-0.25, -0.2) is 0 Å². The highest BCUT2D eigenvalue weighted by atomic mass is 16.5. The Morgan fingerprint density at radius 2 is 1.89 bits per heavy atom. The highest BCUT2D eigenvalue weighted by molar-refractivity contribution is 5.87. The van der Waals surface area contributed by atoms with Crippen LogP contribution >= 0.6 is 0 Å². The SMILES string of the molecule is CC(C)(C)C(=O)NCC(=O)NCCCOCC1CC1. The van der Waals surface area contributed by atoms with Crippen LogP contribution in [0.25, 0.3) is 0 Å². The van der Waals surface area contributed by atoms with Gasteiger partial charge in [0.25, 0.3) is 0 Å². The molecule has 1 rings (SSSR count). The van der Waals surface area contributed by atoms with Crippen LogP contribution in [0.3, 0.4) is 0 Å². The van der Waals surface area contributed by atoms with Crippen molar-refractivity contribution < 1.29 is 14.3 Å². The highest BCUT2D eigenvalue weighted by Crippen LogP contribution is 2.28. The molecule has 0 atom stereocenters. The Balaban J connectivity index is 1.93. The predicted molar refractivity (Wildman–Crippen MR) is 73.6 cm³/mol. The molecular formula is C14H26N2O3. The Hall–Kier alpha value is -1.10. The lowest BCUT2D eigenvalue weighted by Gasteiger charge is -2.17. The second kappa shape index (κ2) is 7.48. The first-order valence-corrected chi connectivity index (χ1v) is 7.02. The van der Waals surface area contributed by atoms with Crippen LogP contribution in [0.2, 0.25) is 0 Å². The van der Waals surface area contributed by atoms with E-state index < -0.39 is 5.41 Å². The Bertz CT molecular complexity index is 306. The van der Waals surface area contributed by atoms with E-state index in [4.69, 9.17) is 4.74 Å². The number of hydrogen-bond acceptors (Lipinski definition) is 3. The van der Waals surface area contributed by atoms with Gasteiger partial charge >= 0.3 is 0 Å². The third-order valence-electron chi connectivity index (χ3n) is 2.93. The molecule has 1 aliphatic rings. The molecule has 0 saturated heterocycles. The third kappa shape index (κ3) is 7.82. The fourth-order valence-corrected chi connectivity index (χ4v) is 1.42. The van der Waals surface area contributed by atoms with Crippen LogP contribution in [-0.4, -0.2) is 38.1 Å². The highest BCUT2D eigenvalue weighted by Gasteiger charge is 2.21. The van der Waals surface area contributed by atoms with Crippen molar-refractivity contribution in [1.82, 2.24) is 10.6 Å². The van der Waals surface area contributed by atoms with Gasteiger partial charge in [-0.1, -0.05) is 20.8 Å². The van der Waals surface area contributed by atoms with Crippen LogP contribution in [0.15, 0.2) is 0 Å². The molecule has 1 aliphatic carbocycles. The summed E-state index contributed by atoms with van der Waals surface area (Å²) in [4.78, 5) is 23.0. The lowest BCUT2D eigenvalue weighted by atomic mass is 9.96. The molecule has 19 heavy (non-hydrogen) atoms. The van der Waals surface area contributed by atoms with Gasteiger partial charge in [0.15, 0.2) is 0 Å². The molecule has 0 radical (unpaired) electrons. The van der Waals surface area contributed by atoms with Crippen molar-refractivity contribution in [2.75, 3.05) is 26.3 Å². The zero-order chi connectivity index (χ0) is 14.3. The summed E-state index contributed by atoms with van der Waals surface area (Å²) >= 11 is 0. The molecule has 110 valence electrons. The lowest BCUT2D eigenvalue weighted by molar-refractivity contribution is -0.131. The third-order valence-corrected chi connectivity index (χ3v) is 2.93. The number of rotatable bonds is 8. The summed E-state index contributed by atoms with van der Waals surface area (Å²) in [6, 6.07) is 0. The van der Waals surface area contributed by atoms with Gasteiger partial charge < -0.3 is 15.4 Å². The second-order valence-corrected chi connectivity index (χ2v) is 6.15. The van der Waals surface area contributed by atoms with Gasteiger partial charge in [-0.2, -0.15) is 0 Å². The van der Waals surface area contributed by atoms with E-state index in [0.29, 0.717) is 13.2 Å². The average Bonchev–Trinajstić information content (AvgIpc) is 3.13. The second-order valence-electron chi connectivity index (χ2n) is 6.15. The van der Waals surface area contributed by atoms with Crippen LogP contribution in [0.4, 0.5) is 0 Å². The number of hydrogen-bond donors (Lipinski definition) is 2. The molecule has 0 aromatic heterocycles. The van der Waals surface area contributed by atoms with Gasteiger partial charge in [0.05, 0.1) is 6.54 Å². The first kappa shape index (κ1) is 16.0. The number of amides is 2. The Morgan fingerprint density at radius 3 is 2.47 bits per heavy atom. The monoisotopic (exact) mass is 270 g/mol. The maximum absolute atomic E-state index is 11.5. The van der Waals surface area contributed by atoms with Crippen LogP contribution in [-0.2, 0) is 14.3 Å². The van der Waals surface area contributed by atoms with E-state index >= 15 is 0 Å². The Labute approximate surface area is 115 Å². The topological polar surface area (TPSA) is 67.4 Å². The first-order valence-electron chi connectivity index (χ1n) is 7.02. The van der Waals surface area contributed by atoms with Crippen LogP contribution in [0.1, 0.15) is 40.0 Å². The fraction of sp³-hybridized carbons (Fsp3) is 0.857. The average molecular weight is 270 g/mol. The number of carbonyl (C=O) groups excluding carboxylic acids is 2. The minimum Gasteiger partial charge on any atom is -0.381 e. The van der Waals surface area contributed by atoms with Crippen molar-refractivity contribution in [3.05, 3.63) is 0 Å². The van der Waals surface area contributed by atoms with Gasteiger partial charge in [0.2, 0.25) is 11.8 Å². The summed E-state index contributed by atoms with van der Waals surface area (Å²) in [7, 11) is 0. The summed E-state index contributed by atoms with van der Waals surface area (Å²) in [5.74, 6) is 0.511. The zero-order valence-electron chi connectivity index (χ0n) is 12.3. The van der Waals surface area contributed by atoms with Gasteiger partial charge in [-0.3, -0.25) is 9.59 Å². The molecule has 0 heterocycles. The molecule has 0 aromatic carbocycles. The molecule has 2 N–H and O–H groups in total. The molecule has 0 aliphatic heterocycles. The van der Waals surface area contributed by atoms with Crippen molar-refractivity contribution in [3.8, 4) is 0 Å². The molecular weight excluding hydrogens is 244 g/mol. The van der Waals surface area contributed by atoms with Crippen LogP contribution in [0.5, 0.6) is 0 Å². The van der Waals surface area contributed by atoms with Crippen LogP contribution < -0.4 is 10.6 Å². The number of carbonyl (C=O) groups is 2. The summed E-state index contributed by atoms with van der Waals surface area (Å²) in [5.41, 5.74) is -0.461. The van der Waals surface area contributed by atoms with E-state index in [-0.39, 0.29) is 18.4 Å². The van der Waals surface area contributed by atoms with Gasteiger partial charge in [-0.05, 0) is 25.2 Å². The fourth-order valence-electron chi connectivity index (χ4n) is 1.42. The summed E-state index contributed by atoms with van der Waals surface area (Å²) < 4.78 is 5.46. The summed E-state index contributed by atoms with van der Waals surface area (Å²) in [6.45, 7) is 7.63. The Morgan fingerprint density at radius 1 is 1.21 bits per heavy atom. The molecule has 1 fully saturated rings. The normalized spacial score (nSPS) is 15.1. The zero-order valence-corrected chi connectivity index (χ0v) is 12.3. The molecule has 0 unspecified atom stereocenters. The summed E-state index contributed by atoms with van der Waals surface area (Å²) in [6.07, 6.45) is 3.40. The molecule has 0 bridgehead atoms. The van der Waals surface area contributed by atoms with Gasteiger partial charge in [0, 0.05) is 25.2 Å². The van der Waals surface area contributed by atoms with Crippen molar-refractivity contribution >= 4 is 11.8 Å². The van der Waals surface area contributed by atoms with E-state index in [9.17, 15) is 9.59 Å². The number of nitrogens with one attached hydrogen (secondary N) is 2. The Kier molecular flexibility index (Phi) is 6.28. The van der Waals surface area contributed by atoms with Gasteiger partial charge in [-0.15, -0.1) is 0 Å². The lowest BCUT2D eigenvalue weighted by Crippen LogP contribution is -2.42. The molecule has 1 saturated carbocycles. The first-order chi connectivity index (χ1) is 8.89. The number of ether oxygens (including phenoxy) is 1. The van der Waals surface area contributed by atoms with Crippen LogP contribution in [0, 0.1) is 11.3 Å². The minimum absolute atomic E-state index is 0.0407. The molecule has 5 heteroatoms. The van der Waals surface area contributed by atoms with E-state index in [0.717, 1.165) is 18.9 Å². The van der Waals surface area contributed by atoms with E-state index in [1.807, 2.05) is 20.8 Å². The largest absolute Gasteiger partial charge is 0.381 e. The molecule has 0 aromatic rings. The smallest absolute Gasteiger partial charge is 0.239 e. The standard InChI is InChI=1S/C14H26N2O3/c1-14(2,3)13(18)16-9-12(17)15-7-4-8-19-10-11-5-6-11/h11H,4-10H2,1-3H3,(H,15,17)(H,16,18). The van der Waals surface area contributed by atoms with Crippen molar-refractivity contribution in [2.45, 2.75) is 40.0 Å². The maximum Gasteiger partial charge on any atom is 0.239 e. The maximum atomic E-state index is 11.5. The van der Waals surface area contributed by atoms with Crippen molar-refractivity contribution in [1.29, 1.82) is 0 Å². The predicted octanol–water partition coefficient (Wildman–Crippen LogP) is 1.08. The van der Waals surface area contributed by atoms with E-state index in [1.54, 1.807) is 0 Å². The van der Waals surface area contributed by atoms with E-state index in [2.05, 4.69) is 10.6 Å². The summed E-state index contributed by atoms with van der Waals surface area (Å²) in [5, 5.41) is 5.37. The molecule has 0 spiro atoms. The van der Waals surface area contributed by atoms with Crippen molar-refractivity contribution in [3.63, 3.8) is 0 Å². The molecule has 5 nitrogen and oxygen atoms in total. The van der Waals surface area contributed by atoms with E-state index in [1.165, 1.54) is 12.8 Å². The minimum atomic E-state index is -0.461. The van der Waals surface area contributed by atoms with Crippen molar-refractivity contribution in [2.24, 2.45) is 11.3 Å². The van der Waals surface area contributed by atoms with Gasteiger partial charge in [0.1, 0.15) is 0 Å². The quantitative estimate of drug-likeness (QED) is 0.649.